The molecule has 16 heavy (non-hydrogen) atoms. The lowest BCUT2D eigenvalue weighted by molar-refractivity contribution is 0.0228. The lowest BCUT2D eigenvalue weighted by atomic mass is 9.91. The molecule has 1 aliphatic heterocycles. The summed E-state index contributed by atoms with van der Waals surface area (Å²) in [6.45, 7) is 2.14. The van der Waals surface area contributed by atoms with Gasteiger partial charge in [0.25, 0.3) is 0 Å². The molecule has 2 aliphatic carbocycles. The van der Waals surface area contributed by atoms with E-state index in [0.29, 0.717) is 17.9 Å². The fourth-order valence-corrected chi connectivity index (χ4v) is 4.06. The van der Waals surface area contributed by atoms with Gasteiger partial charge in [-0.05, 0) is 31.6 Å². The Kier molecular flexibility index (Phi) is 2.94. The van der Waals surface area contributed by atoms with E-state index in [0.717, 1.165) is 32.4 Å². The molecule has 3 unspecified atom stereocenters. The maximum atomic E-state index is 10.1. The summed E-state index contributed by atoms with van der Waals surface area (Å²) in [6, 6.07) is 0.381. The van der Waals surface area contributed by atoms with Crippen molar-refractivity contribution in [3.05, 3.63) is 0 Å². The smallest absolute Gasteiger partial charge is 0.0695 e. The molecule has 0 bridgehead atoms. The van der Waals surface area contributed by atoms with Crippen molar-refractivity contribution in [3.63, 3.8) is 0 Å². The zero-order chi connectivity index (χ0) is 11.1. The predicted octanol–water partition coefficient (Wildman–Crippen LogP) is 0.993. The minimum atomic E-state index is -0.121. The number of aliphatic hydroxyl groups excluding tert-OH is 2. The number of rotatable bonds is 1. The van der Waals surface area contributed by atoms with E-state index in [4.69, 9.17) is 0 Å². The zero-order valence-corrected chi connectivity index (χ0v) is 9.89. The third kappa shape index (κ3) is 1.79. The lowest BCUT2D eigenvalue weighted by Gasteiger charge is -2.35. The van der Waals surface area contributed by atoms with Crippen LogP contribution in [-0.4, -0.2) is 46.5 Å². The third-order valence-electron chi connectivity index (χ3n) is 5.01. The highest BCUT2D eigenvalue weighted by atomic mass is 16.3. The summed E-state index contributed by atoms with van der Waals surface area (Å²) in [5.74, 6) is 1.19. The van der Waals surface area contributed by atoms with Gasteiger partial charge in [0.1, 0.15) is 0 Å². The van der Waals surface area contributed by atoms with Gasteiger partial charge in [0.05, 0.1) is 12.2 Å². The van der Waals surface area contributed by atoms with Crippen molar-refractivity contribution < 1.29 is 10.2 Å². The lowest BCUT2D eigenvalue weighted by Crippen LogP contribution is -2.45. The fourth-order valence-electron chi connectivity index (χ4n) is 4.06. The minimum Gasteiger partial charge on any atom is -0.393 e. The Bertz CT molecular complexity index is 258. The molecule has 0 spiro atoms. The first-order valence-corrected chi connectivity index (χ1v) is 6.86. The fraction of sp³-hybridized carbons (Fsp3) is 1.00. The Morgan fingerprint density at radius 3 is 2.38 bits per heavy atom. The quantitative estimate of drug-likeness (QED) is 0.699. The Hall–Kier alpha value is -0.120. The van der Waals surface area contributed by atoms with Gasteiger partial charge >= 0.3 is 0 Å². The van der Waals surface area contributed by atoms with E-state index in [-0.39, 0.29) is 12.2 Å². The molecule has 0 aromatic rings. The Morgan fingerprint density at radius 1 is 0.812 bits per heavy atom. The van der Waals surface area contributed by atoms with Gasteiger partial charge in [-0.25, -0.2) is 0 Å². The van der Waals surface area contributed by atoms with E-state index in [1.807, 2.05) is 0 Å². The molecule has 3 nitrogen and oxygen atoms in total. The van der Waals surface area contributed by atoms with Gasteiger partial charge in [0, 0.05) is 25.0 Å². The normalized spacial score (nSPS) is 49.5. The van der Waals surface area contributed by atoms with Crippen molar-refractivity contribution in [2.24, 2.45) is 11.8 Å². The van der Waals surface area contributed by atoms with Gasteiger partial charge in [0.15, 0.2) is 0 Å². The molecule has 1 saturated heterocycles. The summed E-state index contributed by atoms with van der Waals surface area (Å²) in [7, 11) is 0. The summed E-state index contributed by atoms with van der Waals surface area (Å²) >= 11 is 0. The minimum absolute atomic E-state index is 0.0734. The average molecular weight is 225 g/mol. The van der Waals surface area contributed by atoms with Crippen molar-refractivity contribution in [3.8, 4) is 0 Å². The zero-order valence-electron chi connectivity index (χ0n) is 9.89. The molecule has 1 heterocycles. The average Bonchev–Trinajstić information content (AvgIpc) is 2.82. The van der Waals surface area contributed by atoms with Gasteiger partial charge < -0.3 is 10.2 Å². The maximum absolute atomic E-state index is 10.1. The van der Waals surface area contributed by atoms with E-state index in [9.17, 15) is 10.2 Å². The van der Waals surface area contributed by atoms with Crippen LogP contribution in [0.15, 0.2) is 0 Å². The molecule has 2 saturated carbocycles. The molecule has 3 fully saturated rings. The van der Waals surface area contributed by atoms with Crippen molar-refractivity contribution in [1.29, 1.82) is 0 Å². The molecule has 3 rings (SSSR count). The number of hydrogen-bond donors (Lipinski definition) is 2. The number of nitrogens with zero attached hydrogens (tertiary/aromatic N) is 1. The van der Waals surface area contributed by atoms with Crippen molar-refractivity contribution in [1.82, 2.24) is 4.90 Å². The summed E-state index contributed by atoms with van der Waals surface area (Å²) in [5.41, 5.74) is 0. The van der Waals surface area contributed by atoms with E-state index in [2.05, 4.69) is 4.90 Å². The van der Waals surface area contributed by atoms with E-state index < -0.39 is 0 Å². The third-order valence-corrected chi connectivity index (χ3v) is 5.01. The Labute approximate surface area is 97.4 Å². The predicted molar refractivity (Wildman–Crippen MR) is 62.1 cm³/mol. The van der Waals surface area contributed by atoms with Crippen LogP contribution < -0.4 is 0 Å². The second-order valence-electron chi connectivity index (χ2n) is 5.94. The summed E-state index contributed by atoms with van der Waals surface area (Å²) in [4.78, 5) is 2.46. The van der Waals surface area contributed by atoms with Crippen molar-refractivity contribution in [2.75, 3.05) is 13.1 Å². The monoisotopic (exact) mass is 225 g/mol. The van der Waals surface area contributed by atoms with Gasteiger partial charge in [-0.3, -0.25) is 4.90 Å². The van der Waals surface area contributed by atoms with Crippen molar-refractivity contribution >= 4 is 0 Å². The first kappa shape index (κ1) is 11.0. The molecule has 2 N–H and O–H groups in total. The molecule has 92 valence electrons. The summed E-state index contributed by atoms with van der Waals surface area (Å²) in [6.07, 6.45) is 6.55. The van der Waals surface area contributed by atoms with Crippen LogP contribution in [0.2, 0.25) is 0 Å². The molecule has 0 radical (unpaired) electrons. The maximum Gasteiger partial charge on any atom is 0.0695 e. The summed E-state index contributed by atoms with van der Waals surface area (Å²) in [5, 5.41) is 19.9. The number of fused-ring (bicyclic) bond motifs is 1. The Balaban J connectivity index is 1.64. The van der Waals surface area contributed by atoms with Gasteiger partial charge in [-0.1, -0.05) is 12.8 Å². The van der Waals surface area contributed by atoms with Crippen LogP contribution in [0.5, 0.6) is 0 Å². The summed E-state index contributed by atoms with van der Waals surface area (Å²) < 4.78 is 0. The van der Waals surface area contributed by atoms with E-state index in [1.54, 1.807) is 0 Å². The van der Waals surface area contributed by atoms with Gasteiger partial charge in [0.2, 0.25) is 0 Å². The number of likely N-dealkylation sites (tertiary alicyclic amines) is 1. The molecular weight excluding hydrogens is 202 g/mol. The largest absolute Gasteiger partial charge is 0.393 e. The first-order valence-electron chi connectivity index (χ1n) is 6.86. The molecule has 0 aromatic heterocycles. The second-order valence-corrected chi connectivity index (χ2v) is 5.94. The van der Waals surface area contributed by atoms with E-state index >= 15 is 0 Å². The van der Waals surface area contributed by atoms with E-state index in [1.165, 1.54) is 19.3 Å². The van der Waals surface area contributed by atoms with Crippen molar-refractivity contribution in [2.45, 2.75) is 56.8 Å². The van der Waals surface area contributed by atoms with Crippen LogP contribution in [0.1, 0.15) is 38.5 Å². The molecule has 3 aliphatic rings. The number of aliphatic hydroxyl groups is 2. The van der Waals surface area contributed by atoms with Crippen LogP contribution >= 0.6 is 0 Å². The van der Waals surface area contributed by atoms with Crippen LogP contribution in [0.25, 0.3) is 0 Å². The molecule has 3 heteroatoms. The number of hydrogen-bond acceptors (Lipinski definition) is 3. The molecule has 0 amide bonds. The van der Waals surface area contributed by atoms with Crippen LogP contribution in [0, 0.1) is 11.8 Å². The molecule has 0 aromatic carbocycles. The molecular formula is C13H23NO2. The molecule has 5 atom stereocenters. The highest BCUT2D eigenvalue weighted by molar-refractivity contribution is 4.97. The van der Waals surface area contributed by atoms with Gasteiger partial charge in [-0.2, -0.15) is 0 Å². The SMILES string of the molecule is OC1CCC2CN([C@H]3CCCC[C@@H]3O)CC12. The second kappa shape index (κ2) is 4.28. The highest BCUT2D eigenvalue weighted by Gasteiger charge is 2.44. The van der Waals surface area contributed by atoms with Crippen LogP contribution in [0.4, 0.5) is 0 Å². The van der Waals surface area contributed by atoms with Crippen LogP contribution in [0.3, 0.4) is 0 Å². The topological polar surface area (TPSA) is 43.7 Å². The van der Waals surface area contributed by atoms with Gasteiger partial charge in [-0.15, -0.1) is 0 Å². The first-order chi connectivity index (χ1) is 7.75. The highest BCUT2D eigenvalue weighted by Crippen LogP contribution is 2.40. The standard InChI is InChI=1S/C13H23NO2/c15-12-6-5-9-7-14(8-10(9)12)11-3-1-2-4-13(11)16/h9-13,15-16H,1-8H2/t9?,10?,11-,12?,13-/m0/s1. The Morgan fingerprint density at radius 2 is 1.62 bits per heavy atom. The van der Waals surface area contributed by atoms with Crippen LogP contribution in [-0.2, 0) is 0 Å².